The summed E-state index contributed by atoms with van der Waals surface area (Å²) in [7, 11) is 0. The molecule has 2 nitrogen and oxygen atoms in total. The van der Waals surface area contributed by atoms with E-state index < -0.39 is 0 Å². The van der Waals surface area contributed by atoms with Gasteiger partial charge in [0, 0.05) is 18.7 Å². The number of ether oxygens (including phenoxy) is 1. The SMILES string of the molecule is Fc1cccc2c1CCC2NC1CCOC1C1CC1. The number of benzene rings is 1. The third-order valence-electron chi connectivity index (χ3n) is 4.85. The van der Waals surface area contributed by atoms with Gasteiger partial charge in [-0.05, 0) is 55.2 Å². The summed E-state index contributed by atoms with van der Waals surface area (Å²) in [6.45, 7) is 0.877. The first-order valence-electron chi connectivity index (χ1n) is 7.48. The molecule has 1 N–H and O–H groups in total. The van der Waals surface area contributed by atoms with E-state index in [-0.39, 0.29) is 5.82 Å². The molecule has 1 aromatic rings. The van der Waals surface area contributed by atoms with E-state index in [2.05, 4.69) is 11.4 Å². The van der Waals surface area contributed by atoms with Crippen LogP contribution in [0.25, 0.3) is 0 Å². The Morgan fingerprint density at radius 1 is 1.16 bits per heavy atom. The van der Waals surface area contributed by atoms with Crippen LogP contribution >= 0.6 is 0 Å². The zero-order chi connectivity index (χ0) is 12.8. The lowest BCUT2D eigenvalue weighted by molar-refractivity contribution is 0.0788. The van der Waals surface area contributed by atoms with Crippen LogP contribution in [0.5, 0.6) is 0 Å². The smallest absolute Gasteiger partial charge is 0.126 e. The number of fused-ring (bicyclic) bond motifs is 1. The van der Waals surface area contributed by atoms with Crippen molar-refractivity contribution in [2.24, 2.45) is 5.92 Å². The van der Waals surface area contributed by atoms with Crippen molar-refractivity contribution in [1.82, 2.24) is 5.32 Å². The molecular weight excluding hydrogens is 241 g/mol. The number of hydrogen-bond acceptors (Lipinski definition) is 2. The largest absolute Gasteiger partial charge is 0.376 e. The van der Waals surface area contributed by atoms with Crippen LogP contribution in [0.2, 0.25) is 0 Å². The van der Waals surface area contributed by atoms with Crippen LogP contribution < -0.4 is 5.32 Å². The van der Waals surface area contributed by atoms with Gasteiger partial charge in [0.05, 0.1) is 6.10 Å². The number of nitrogens with one attached hydrogen (secondary N) is 1. The number of hydrogen-bond donors (Lipinski definition) is 1. The molecule has 0 spiro atoms. The molecule has 4 rings (SSSR count). The molecule has 1 aromatic carbocycles. The van der Waals surface area contributed by atoms with E-state index in [0.717, 1.165) is 37.4 Å². The summed E-state index contributed by atoms with van der Waals surface area (Å²) >= 11 is 0. The van der Waals surface area contributed by atoms with Gasteiger partial charge >= 0.3 is 0 Å². The first-order chi connectivity index (χ1) is 9.33. The third-order valence-corrected chi connectivity index (χ3v) is 4.85. The Labute approximate surface area is 113 Å². The summed E-state index contributed by atoms with van der Waals surface area (Å²) in [5, 5.41) is 3.74. The van der Waals surface area contributed by atoms with E-state index >= 15 is 0 Å². The molecule has 3 atom stereocenters. The van der Waals surface area contributed by atoms with Gasteiger partial charge in [0.15, 0.2) is 0 Å². The number of rotatable bonds is 3. The van der Waals surface area contributed by atoms with E-state index in [1.165, 1.54) is 18.4 Å². The molecule has 3 heteroatoms. The first-order valence-corrected chi connectivity index (χ1v) is 7.48. The van der Waals surface area contributed by atoms with Gasteiger partial charge in [0.1, 0.15) is 5.82 Å². The molecule has 3 unspecified atom stereocenters. The summed E-state index contributed by atoms with van der Waals surface area (Å²) in [5.41, 5.74) is 2.09. The average molecular weight is 261 g/mol. The van der Waals surface area contributed by atoms with Crippen molar-refractivity contribution in [3.63, 3.8) is 0 Å². The van der Waals surface area contributed by atoms with E-state index in [0.29, 0.717) is 18.2 Å². The molecule has 19 heavy (non-hydrogen) atoms. The highest BCUT2D eigenvalue weighted by Gasteiger charge is 2.41. The van der Waals surface area contributed by atoms with Crippen molar-refractivity contribution in [1.29, 1.82) is 0 Å². The fourth-order valence-electron chi connectivity index (χ4n) is 3.72. The Morgan fingerprint density at radius 3 is 2.89 bits per heavy atom. The van der Waals surface area contributed by atoms with Crippen molar-refractivity contribution < 1.29 is 9.13 Å². The maximum absolute atomic E-state index is 13.7. The molecule has 0 radical (unpaired) electrons. The fraction of sp³-hybridized carbons (Fsp3) is 0.625. The van der Waals surface area contributed by atoms with E-state index in [9.17, 15) is 4.39 Å². The van der Waals surface area contributed by atoms with Crippen molar-refractivity contribution in [2.75, 3.05) is 6.61 Å². The predicted molar refractivity (Wildman–Crippen MR) is 71.5 cm³/mol. The van der Waals surface area contributed by atoms with Crippen LogP contribution in [0.3, 0.4) is 0 Å². The standard InChI is InChI=1S/C16H20FNO/c17-13-3-1-2-12-11(13)6-7-14(12)18-15-8-9-19-16(15)10-4-5-10/h1-3,10,14-16,18H,4-9H2. The zero-order valence-electron chi connectivity index (χ0n) is 11.1. The van der Waals surface area contributed by atoms with Gasteiger partial charge in [-0.15, -0.1) is 0 Å². The monoisotopic (exact) mass is 261 g/mol. The summed E-state index contributed by atoms with van der Waals surface area (Å²) in [6, 6.07) is 6.26. The third kappa shape index (κ3) is 2.09. The van der Waals surface area contributed by atoms with Crippen molar-refractivity contribution in [3.8, 4) is 0 Å². The van der Waals surface area contributed by atoms with E-state index in [4.69, 9.17) is 4.74 Å². The molecule has 0 aromatic heterocycles. The lowest BCUT2D eigenvalue weighted by atomic mass is 10.0. The first kappa shape index (κ1) is 11.9. The van der Waals surface area contributed by atoms with Gasteiger partial charge in [-0.3, -0.25) is 0 Å². The highest BCUT2D eigenvalue weighted by molar-refractivity contribution is 5.35. The molecule has 1 saturated heterocycles. The molecule has 1 heterocycles. The summed E-state index contributed by atoms with van der Waals surface area (Å²) in [6.07, 6.45) is 6.02. The average Bonchev–Trinajstić information content (AvgIpc) is 3.01. The Hall–Kier alpha value is -0.930. The van der Waals surface area contributed by atoms with Crippen LogP contribution in [0.1, 0.15) is 42.9 Å². The lowest BCUT2D eigenvalue weighted by Crippen LogP contribution is -2.39. The van der Waals surface area contributed by atoms with Crippen molar-refractivity contribution in [2.45, 2.75) is 50.3 Å². The van der Waals surface area contributed by atoms with Crippen LogP contribution in [-0.4, -0.2) is 18.8 Å². The topological polar surface area (TPSA) is 21.3 Å². The predicted octanol–water partition coefficient (Wildman–Crippen LogP) is 2.97. The molecule has 3 aliphatic rings. The molecule has 2 fully saturated rings. The summed E-state index contributed by atoms with van der Waals surface area (Å²) in [4.78, 5) is 0. The zero-order valence-corrected chi connectivity index (χ0v) is 11.1. The van der Waals surface area contributed by atoms with Crippen molar-refractivity contribution in [3.05, 3.63) is 35.1 Å². The minimum atomic E-state index is -0.0387. The summed E-state index contributed by atoms with van der Waals surface area (Å²) in [5.74, 6) is 0.733. The van der Waals surface area contributed by atoms with Crippen molar-refractivity contribution >= 4 is 0 Å². The number of halogens is 1. The van der Waals surface area contributed by atoms with Crippen LogP contribution in [0.4, 0.5) is 4.39 Å². The molecule has 1 saturated carbocycles. The van der Waals surface area contributed by atoms with E-state index in [1.54, 1.807) is 6.07 Å². The van der Waals surface area contributed by atoms with Gasteiger partial charge in [-0.2, -0.15) is 0 Å². The second kappa shape index (κ2) is 4.57. The van der Waals surface area contributed by atoms with Gasteiger partial charge < -0.3 is 10.1 Å². The molecular formula is C16H20FNO. The maximum Gasteiger partial charge on any atom is 0.126 e. The fourth-order valence-corrected chi connectivity index (χ4v) is 3.72. The van der Waals surface area contributed by atoms with Gasteiger partial charge in [-0.1, -0.05) is 12.1 Å². The van der Waals surface area contributed by atoms with Gasteiger partial charge in [0.25, 0.3) is 0 Å². The Kier molecular flexibility index (Phi) is 2.85. The van der Waals surface area contributed by atoms with Crippen LogP contribution in [0.15, 0.2) is 18.2 Å². The van der Waals surface area contributed by atoms with Crippen LogP contribution in [0, 0.1) is 11.7 Å². The lowest BCUT2D eigenvalue weighted by Gasteiger charge is -2.24. The Balaban J connectivity index is 1.51. The second-order valence-corrected chi connectivity index (χ2v) is 6.13. The van der Waals surface area contributed by atoms with E-state index in [1.807, 2.05) is 6.07 Å². The Bertz CT molecular complexity index is 486. The summed E-state index contributed by atoms with van der Waals surface area (Å²) < 4.78 is 19.6. The van der Waals surface area contributed by atoms with Crippen LogP contribution in [-0.2, 0) is 11.2 Å². The highest BCUT2D eigenvalue weighted by Crippen LogP contribution is 2.40. The Morgan fingerprint density at radius 2 is 2.05 bits per heavy atom. The normalized spacial score (nSPS) is 33.6. The molecule has 2 aliphatic carbocycles. The quantitative estimate of drug-likeness (QED) is 0.903. The molecule has 102 valence electrons. The second-order valence-electron chi connectivity index (χ2n) is 6.13. The maximum atomic E-state index is 13.7. The molecule has 0 amide bonds. The molecule has 0 bridgehead atoms. The highest BCUT2D eigenvalue weighted by atomic mass is 19.1. The van der Waals surface area contributed by atoms with Gasteiger partial charge in [0.2, 0.25) is 0 Å². The minimum Gasteiger partial charge on any atom is -0.376 e. The molecule has 1 aliphatic heterocycles. The van der Waals surface area contributed by atoms with Gasteiger partial charge in [-0.25, -0.2) is 4.39 Å². The minimum absolute atomic E-state index is 0.0387.